The fourth-order valence-corrected chi connectivity index (χ4v) is 4.54. The first-order valence-corrected chi connectivity index (χ1v) is 8.81. The van der Waals surface area contributed by atoms with E-state index in [2.05, 4.69) is 6.92 Å². The van der Waals surface area contributed by atoms with Crippen LogP contribution in [0.5, 0.6) is 0 Å². The minimum absolute atomic E-state index is 0.00301. The Morgan fingerprint density at radius 1 is 1.35 bits per heavy atom. The summed E-state index contributed by atoms with van der Waals surface area (Å²) < 4.78 is 0. The van der Waals surface area contributed by atoms with E-state index < -0.39 is 12.0 Å². The monoisotopic (exact) mass is 299 g/mol. The Labute approximate surface area is 125 Å². The fourth-order valence-electron chi connectivity index (χ4n) is 2.91. The summed E-state index contributed by atoms with van der Waals surface area (Å²) in [5.74, 6) is 0.301. The van der Waals surface area contributed by atoms with Gasteiger partial charge >= 0.3 is 5.97 Å². The minimum Gasteiger partial charge on any atom is -0.480 e. The summed E-state index contributed by atoms with van der Waals surface area (Å²) in [4.78, 5) is 25.9. The van der Waals surface area contributed by atoms with Gasteiger partial charge in [0.05, 0.1) is 5.37 Å². The smallest absolute Gasteiger partial charge is 0.327 e. The van der Waals surface area contributed by atoms with Gasteiger partial charge < -0.3 is 10.0 Å². The van der Waals surface area contributed by atoms with Crippen molar-refractivity contribution in [2.75, 3.05) is 5.75 Å². The third-order valence-electron chi connectivity index (χ3n) is 4.35. The number of rotatable bonds is 7. The molecule has 1 amide bonds. The van der Waals surface area contributed by atoms with E-state index in [0.29, 0.717) is 11.7 Å². The van der Waals surface area contributed by atoms with E-state index in [4.69, 9.17) is 0 Å². The van der Waals surface area contributed by atoms with E-state index in [0.717, 1.165) is 38.5 Å². The second-order valence-electron chi connectivity index (χ2n) is 5.91. The van der Waals surface area contributed by atoms with E-state index in [1.54, 1.807) is 16.7 Å². The summed E-state index contributed by atoms with van der Waals surface area (Å²) in [6.45, 7) is 4.15. The maximum absolute atomic E-state index is 12.8. The molecule has 114 valence electrons. The second-order valence-corrected chi connectivity index (χ2v) is 7.06. The third-order valence-corrected chi connectivity index (χ3v) is 5.81. The largest absolute Gasteiger partial charge is 0.480 e. The number of carbonyl (C=O) groups excluding carboxylic acids is 1. The van der Waals surface area contributed by atoms with Crippen molar-refractivity contribution in [3.63, 3.8) is 0 Å². The molecule has 1 aliphatic heterocycles. The van der Waals surface area contributed by atoms with Crippen molar-refractivity contribution in [3.8, 4) is 0 Å². The van der Waals surface area contributed by atoms with Crippen LogP contribution in [0.4, 0.5) is 0 Å². The maximum atomic E-state index is 12.8. The molecule has 0 aromatic rings. The molecule has 0 spiro atoms. The molecule has 1 N–H and O–H groups in total. The molecule has 2 aliphatic rings. The molecule has 5 heteroatoms. The van der Waals surface area contributed by atoms with Gasteiger partial charge in [0.2, 0.25) is 5.91 Å². The average molecular weight is 299 g/mol. The molecule has 0 bridgehead atoms. The molecule has 1 saturated carbocycles. The highest BCUT2D eigenvalue weighted by Crippen LogP contribution is 2.46. The van der Waals surface area contributed by atoms with E-state index in [1.165, 1.54) is 0 Å². The van der Waals surface area contributed by atoms with Gasteiger partial charge in [-0.25, -0.2) is 4.79 Å². The van der Waals surface area contributed by atoms with E-state index in [-0.39, 0.29) is 17.2 Å². The Morgan fingerprint density at radius 3 is 2.55 bits per heavy atom. The summed E-state index contributed by atoms with van der Waals surface area (Å²) in [5, 5.41) is 9.49. The predicted octanol–water partition coefficient (Wildman–Crippen LogP) is 2.97. The number of hydrogen-bond donors (Lipinski definition) is 1. The number of amides is 1. The number of carboxylic acids is 1. The van der Waals surface area contributed by atoms with Crippen molar-refractivity contribution in [2.45, 2.75) is 63.8 Å². The normalized spacial score (nSPS) is 27.6. The topological polar surface area (TPSA) is 57.6 Å². The summed E-state index contributed by atoms with van der Waals surface area (Å²) in [7, 11) is 0. The SMILES string of the molecule is CCCCC(CC)C(=O)N1C(C(=O)O)CSC1C1CC1. The van der Waals surface area contributed by atoms with Crippen LogP contribution in [0.15, 0.2) is 0 Å². The van der Waals surface area contributed by atoms with Crippen molar-refractivity contribution in [3.05, 3.63) is 0 Å². The lowest BCUT2D eigenvalue weighted by molar-refractivity contribution is -0.151. The lowest BCUT2D eigenvalue weighted by Crippen LogP contribution is -2.48. The first kappa shape index (κ1) is 15.7. The highest BCUT2D eigenvalue weighted by molar-refractivity contribution is 8.00. The van der Waals surface area contributed by atoms with Crippen molar-refractivity contribution >= 4 is 23.6 Å². The molecule has 0 aromatic heterocycles. The number of unbranched alkanes of at least 4 members (excludes halogenated alkanes) is 1. The summed E-state index contributed by atoms with van der Waals surface area (Å²) >= 11 is 1.66. The van der Waals surface area contributed by atoms with Crippen LogP contribution in [0, 0.1) is 11.8 Å². The van der Waals surface area contributed by atoms with Crippen molar-refractivity contribution in [1.29, 1.82) is 0 Å². The molecule has 3 unspecified atom stereocenters. The van der Waals surface area contributed by atoms with Gasteiger partial charge in [-0.1, -0.05) is 26.7 Å². The third kappa shape index (κ3) is 3.30. The van der Waals surface area contributed by atoms with Crippen molar-refractivity contribution in [1.82, 2.24) is 4.90 Å². The van der Waals surface area contributed by atoms with Crippen molar-refractivity contribution in [2.24, 2.45) is 11.8 Å². The zero-order valence-electron chi connectivity index (χ0n) is 12.4. The molecule has 1 heterocycles. The van der Waals surface area contributed by atoms with Gasteiger partial charge in [0.1, 0.15) is 6.04 Å². The van der Waals surface area contributed by atoms with Gasteiger partial charge in [0.25, 0.3) is 0 Å². The van der Waals surface area contributed by atoms with Gasteiger partial charge in [-0.2, -0.15) is 0 Å². The standard InChI is InChI=1S/C15H25NO3S/c1-3-5-6-10(4-2)13(17)16-12(15(18)19)9-20-14(16)11-7-8-11/h10-12,14H,3-9H2,1-2H3,(H,18,19). The van der Waals surface area contributed by atoms with Crippen LogP contribution in [0.2, 0.25) is 0 Å². The molecule has 2 rings (SSSR count). The zero-order chi connectivity index (χ0) is 14.7. The van der Waals surface area contributed by atoms with Gasteiger partial charge in [-0.15, -0.1) is 11.8 Å². The maximum Gasteiger partial charge on any atom is 0.327 e. The van der Waals surface area contributed by atoms with E-state index in [9.17, 15) is 14.7 Å². The van der Waals surface area contributed by atoms with E-state index >= 15 is 0 Å². The van der Waals surface area contributed by atoms with Gasteiger partial charge in [0, 0.05) is 11.7 Å². The molecule has 0 radical (unpaired) electrons. The number of thioether (sulfide) groups is 1. The fraction of sp³-hybridized carbons (Fsp3) is 0.867. The molecule has 3 atom stereocenters. The predicted molar refractivity (Wildman–Crippen MR) is 80.5 cm³/mol. The van der Waals surface area contributed by atoms with Crippen LogP contribution in [0.1, 0.15) is 52.4 Å². The highest BCUT2D eigenvalue weighted by atomic mass is 32.2. The van der Waals surface area contributed by atoms with Gasteiger partial charge in [0.15, 0.2) is 0 Å². The number of hydrogen-bond acceptors (Lipinski definition) is 3. The Kier molecular flexibility index (Phi) is 5.35. The quantitative estimate of drug-likeness (QED) is 0.785. The number of aliphatic carboxylic acids is 1. The van der Waals surface area contributed by atoms with E-state index in [1.807, 2.05) is 6.92 Å². The molecule has 0 aromatic carbocycles. The molecule has 20 heavy (non-hydrogen) atoms. The minimum atomic E-state index is -0.848. The Bertz CT molecular complexity index is 370. The number of nitrogens with zero attached hydrogens (tertiary/aromatic N) is 1. The first-order chi connectivity index (χ1) is 9.60. The Morgan fingerprint density at radius 2 is 2.05 bits per heavy atom. The lowest BCUT2D eigenvalue weighted by atomic mass is 9.97. The summed E-state index contributed by atoms with van der Waals surface area (Å²) in [6, 6.07) is -0.617. The second kappa shape index (κ2) is 6.83. The lowest BCUT2D eigenvalue weighted by Gasteiger charge is -2.31. The van der Waals surface area contributed by atoms with Crippen LogP contribution in [-0.2, 0) is 9.59 Å². The molecule has 4 nitrogen and oxygen atoms in total. The van der Waals surface area contributed by atoms with Crippen LogP contribution >= 0.6 is 11.8 Å². The number of carboxylic acid groups (broad SMARTS) is 1. The highest BCUT2D eigenvalue weighted by Gasteiger charge is 2.48. The van der Waals surface area contributed by atoms with Crippen LogP contribution in [0.3, 0.4) is 0 Å². The zero-order valence-corrected chi connectivity index (χ0v) is 13.2. The number of carbonyl (C=O) groups is 2. The van der Waals surface area contributed by atoms with Crippen molar-refractivity contribution < 1.29 is 14.7 Å². The van der Waals surface area contributed by atoms with Crippen LogP contribution < -0.4 is 0 Å². The average Bonchev–Trinajstić information content (AvgIpc) is 3.17. The van der Waals surface area contributed by atoms with Gasteiger partial charge in [-0.3, -0.25) is 4.79 Å². The molecular formula is C15H25NO3S. The van der Waals surface area contributed by atoms with Crippen LogP contribution in [0.25, 0.3) is 0 Å². The first-order valence-electron chi connectivity index (χ1n) is 7.76. The summed E-state index contributed by atoms with van der Waals surface area (Å²) in [5.41, 5.74) is 0. The molecule has 1 saturated heterocycles. The molecule has 2 fully saturated rings. The summed E-state index contributed by atoms with van der Waals surface area (Å²) in [6.07, 6.45) is 6.09. The molecule has 1 aliphatic carbocycles. The Hall–Kier alpha value is -0.710. The van der Waals surface area contributed by atoms with Gasteiger partial charge in [-0.05, 0) is 31.6 Å². The van der Waals surface area contributed by atoms with Crippen LogP contribution in [-0.4, -0.2) is 39.1 Å². The molecular weight excluding hydrogens is 274 g/mol. The Balaban J connectivity index is 2.10.